The van der Waals surface area contributed by atoms with Crippen molar-refractivity contribution in [3.8, 4) is 0 Å². The summed E-state index contributed by atoms with van der Waals surface area (Å²) < 4.78 is 5.31. The standard InChI is InChI=1S/C13H27NO.ClH/c1-4-5-6-7-8-9-12(14(2)3)10-13-11-15-13;/h12-13H,4-11H2,1-3H3;1H. The third-order valence-corrected chi connectivity index (χ3v) is 3.31. The molecule has 1 heterocycles. The lowest BCUT2D eigenvalue weighted by Gasteiger charge is -2.23. The number of nitrogens with zero attached hydrogens (tertiary/aromatic N) is 1. The Kier molecular flexibility index (Phi) is 9.38. The molecule has 0 N–H and O–H groups in total. The van der Waals surface area contributed by atoms with Gasteiger partial charge in [0.15, 0.2) is 0 Å². The van der Waals surface area contributed by atoms with Crippen molar-refractivity contribution in [2.75, 3.05) is 20.7 Å². The fraction of sp³-hybridized carbons (Fsp3) is 1.00. The van der Waals surface area contributed by atoms with Crippen molar-refractivity contribution in [1.82, 2.24) is 4.90 Å². The van der Waals surface area contributed by atoms with Gasteiger partial charge in [-0.25, -0.2) is 0 Å². The normalized spacial score (nSPS) is 20.6. The van der Waals surface area contributed by atoms with Crippen LogP contribution in [-0.4, -0.2) is 37.7 Å². The lowest BCUT2D eigenvalue weighted by atomic mass is 10.0. The Labute approximate surface area is 107 Å². The average Bonchev–Trinajstić information content (AvgIpc) is 2.99. The Bertz CT molecular complexity index is 160. The first-order chi connectivity index (χ1) is 7.24. The highest BCUT2D eigenvalue weighted by molar-refractivity contribution is 5.85. The quantitative estimate of drug-likeness (QED) is 0.459. The minimum absolute atomic E-state index is 0. The van der Waals surface area contributed by atoms with Gasteiger partial charge in [0.1, 0.15) is 0 Å². The molecule has 2 nitrogen and oxygen atoms in total. The highest BCUT2D eigenvalue weighted by Crippen LogP contribution is 2.21. The molecule has 0 aromatic carbocycles. The molecule has 1 saturated heterocycles. The average molecular weight is 250 g/mol. The van der Waals surface area contributed by atoms with Crippen LogP contribution in [0, 0.1) is 0 Å². The zero-order valence-corrected chi connectivity index (χ0v) is 11.9. The van der Waals surface area contributed by atoms with E-state index >= 15 is 0 Å². The van der Waals surface area contributed by atoms with E-state index in [0.717, 1.165) is 12.6 Å². The van der Waals surface area contributed by atoms with E-state index in [1.807, 2.05) is 0 Å². The van der Waals surface area contributed by atoms with Gasteiger partial charge in [0.25, 0.3) is 0 Å². The second kappa shape index (κ2) is 9.26. The number of halogens is 1. The molecule has 2 atom stereocenters. The summed E-state index contributed by atoms with van der Waals surface area (Å²) in [4.78, 5) is 2.36. The number of ether oxygens (including phenoxy) is 1. The molecule has 98 valence electrons. The summed E-state index contributed by atoms with van der Waals surface area (Å²) in [5.74, 6) is 0. The summed E-state index contributed by atoms with van der Waals surface area (Å²) in [5, 5.41) is 0. The maximum atomic E-state index is 5.31. The van der Waals surface area contributed by atoms with Crippen LogP contribution in [0.25, 0.3) is 0 Å². The minimum atomic E-state index is 0. The predicted octanol–water partition coefficient (Wildman–Crippen LogP) is 3.49. The first-order valence-corrected chi connectivity index (χ1v) is 6.52. The van der Waals surface area contributed by atoms with Crippen LogP contribution in [0.15, 0.2) is 0 Å². The highest BCUT2D eigenvalue weighted by Gasteiger charge is 2.27. The van der Waals surface area contributed by atoms with Crippen LogP contribution in [-0.2, 0) is 4.74 Å². The molecular formula is C13H28ClNO. The van der Waals surface area contributed by atoms with Crippen molar-refractivity contribution in [3.05, 3.63) is 0 Å². The molecule has 2 unspecified atom stereocenters. The molecule has 3 heteroatoms. The Morgan fingerprint density at radius 2 is 1.81 bits per heavy atom. The van der Waals surface area contributed by atoms with E-state index in [9.17, 15) is 0 Å². The fourth-order valence-electron chi connectivity index (χ4n) is 2.08. The largest absolute Gasteiger partial charge is 0.373 e. The van der Waals surface area contributed by atoms with Gasteiger partial charge in [0, 0.05) is 6.04 Å². The van der Waals surface area contributed by atoms with Crippen molar-refractivity contribution in [2.45, 2.75) is 64.0 Å². The minimum Gasteiger partial charge on any atom is -0.373 e. The van der Waals surface area contributed by atoms with E-state index in [2.05, 4.69) is 25.9 Å². The fourth-order valence-corrected chi connectivity index (χ4v) is 2.08. The molecule has 0 aliphatic carbocycles. The van der Waals surface area contributed by atoms with Crippen LogP contribution in [0.2, 0.25) is 0 Å². The van der Waals surface area contributed by atoms with Gasteiger partial charge in [-0.2, -0.15) is 0 Å². The molecule has 0 radical (unpaired) electrons. The van der Waals surface area contributed by atoms with Gasteiger partial charge >= 0.3 is 0 Å². The monoisotopic (exact) mass is 249 g/mol. The zero-order valence-electron chi connectivity index (χ0n) is 11.1. The van der Waals surface area contributed by atoms with Crippen LogP contribution in [0.5, 0.6) is 0 Å². The van der Waals surface area contributed by atoms with Gasteiger partial charge in [-0.3, -0.25) is 0 Å². The third kappa shape index (κ3) is 7.48. The van der Waals surface area contributed by atoms with E-state index in [0.29, 0.717) is 6.10 Å². The van der Waals surface area contributed by atoms with Gasteiger partial charge in [0.05, 0.1) is 12.7 Å². The number of rotatable bonds is 9. The van der Waals surface area contributed by atoms with E-state index in [4.69, 9.17) is 4.74 Å². The topological polar surface area (TPSA) is 15.8 Å². The van der Waals surface area contributed by atoms with Crippen molar-refractivity contribution in [1.29, 1.82) is 0 Å². The summed E-state index contributed by atoms with van der Waals surface area (Å²) in [6.45, 7) is 3.27. The Morgan fingerprint density at radius 3 is 2.31 bits per heavy atom. The summed E-state index contributed by atoms with van der Waals surface area (Å²) in [6.07, 6.45) is 10.1. The van der Waals surface area contributed by atoms with Gasteiger partial charge in [-0.05, 0) is 26.9 Å². The summed E-state index contributed by atoms with van der Waals surface area (Å²) in [7, 11) is 4.39. The van der Waals surface area contributed by atoms with Gasteiger partial charge in [-0.1, -0.05) is 39.0 Å². The Balaban J connectivity index is 0.00000225. The van der Waals surface area contributed by atoms with Crippen LogP contribution in [0.4, 0.5) is 0 Å². The van der Waals surface area contributed by atoms with Crippen LogP contribution in [0.3, 0.4) is 0 Å². The molecular weight excluding hydrogens is 222 g/mol. The zero-order chi connectivity index (χ0) is 11.1. The molecule has 1 rings (SSSR count). The van der Waals surface area contributed by atoms with Gasteiger partial charge in [0.2, 0.25) is 0 Å². The molecule has 16 heavy (non-hydrogen) atoms. The number of epoxide rings is 1. The number of hydrogen-bond donors (Lipinski definition) is 0. The molecule has 0 aromatic rings. The first-order valence-electron chi connectivity index (χ1n) is 6.52. The maximum absolute atomic E-state index is 5.31. The lowest BCUT2D eigenvalue weighted by molar-refractivity contribution is 0.235. The van der Waals surface area contributed by atoms with Crippen molar-refractivity contribution < 1.29 is 4.74 Å². The highest BCUT2D eigenvalue weighted by atomic mass is 35.5. The summed E-state index contributed by atoms with van der Waals surface area (Å²) in [5.41, 5.74) is 0. The summed E-state index contributed by atoms with van der Waals surface area (Å²) >= 11 is 0. The van der Waals surface area contributed by atoms with E-state index in [-0.39, 0.29) is 12.4 Å². The number of unbranched alkanes of at least 4 members (excludes halogenated alkanes) is 4. The first kappa shape index (κ1) is 16.2. The molecule has 1 aliphatic heterocycles. The van der Waals surface area contributed by atoms with E-state index < -0.39 is 0 Å². The number of hydrogen-bond acceptors (Lipinski definition) is 2. The van der Waals surface area contributed by atoms with Gasteiger partial charge < -0.3 is 9.64 Å². The second-order valence-corrected chi connectivity index (χ2v) is 5.01. The van der Waals surface area contributed by atoms with E-state index in [1.165, 1.54) is 44.9 Å². The molecule has 0 aromatic heterocycles. The maximum Gasteiger partial charge on any atom is 0.0824 e. The Hall–Kier alpha value is 0.210. The molecule has 0 bridgehead atoms. The molecule has 1 fully saturated rings. The van der Waals surface area contributed by atoms with Crippen molar-refractivity contribution in [2.24, 2.45) is 0 Å². The molecule has 0 saturated carbocycles. The van der Waals surface area contributed by atoms with Crippen molar-refractivity contribution >= 4 is 12.4 Å². The lowest BCUT2D eigenvalue weighted by Crippen LogP contribution is -2.29. The summed E-state index contributed by atoms with van der Waals surface area (Å²) in [6, 6.07) is 0.735. The molecule has 0 amide bonds. The third-order valence-electron chi connectivity index (χ3n) is 3.31. The van der Waals surface area contributed by atoms with Crippen molar-refractivity contribution in [3.63, 3.8) is 0 Å². The van der Waals surface area contributed by atoms with Crippen LogP contribution >= 0.6 is 12.4 Å². The van der Waals surface area contributed by atoms with Crippen LogP contribution in [0.1, 0.15) is 51.9 Å². The second-order valence-electron chi connectivity index (χ2n) is 5.01. The van der Waals surface area contributed by atoms with E-state index in [1.54, 1.807) is 0 Å². The SMILES string of the molecule is CCCCCCCC(CC1CO1)N(C)C.Cl. The Morgan fingerprint density at radius 1 is 1.19 bits per heavy atom. The smallest absolute Gasteiger partial charge is 0.0824 e. The molecule has 0 spiro atoms. The molecule has 1 aliphatic rings. The predicted molar refractivity (Wildman–Crippen MR) is 72.5 cm³/mol. The van der Waals surface area contributed by atoms with Gasteiger partial charge in [-0.15, -0.1) is 12.4 Å². The van der Waals surface area contributed by atoms with Crippen LogP contribution < -0.4 is 0 Å².